The zero-order chi connectivity index (χ0) is 11.4. The Hall–Kier alpha value is -1.78. The highest BCUT2D eigenvalue weighted by atomic mass is 16.1. The Kier molecular flexibility index (Phi) is 3.49. The van der Waals surface area contributed by atoms with Crippen LogP contribution in [0.25, 0.3) is 0 Å². The molecule has 0 saturated heterocycles. The fraction of sp³-hybridized carbons (Fsp3) is 0.400. The van der Waals surface area contributed by atoms with Crippen LogP contribution in [0.3, 0.4) is 0 Å². The minimum absolute atomic E-state index is 0.0703. The number of carbonyl (C=O) groups excluding carboxylic acids is 1. The molecule has 0 aliphatic rings. The predicted molar refractivity (Wildman–Crippen MR) is 60.3 cm³/mol. The Bertz CT molecular complexity index is 364. The van der Waals surface area contributed by atoms with E-state index < -0.39 is 0 Å². The molecule has 1 unspecified atom stereocenters. The summed E-state index contributed by atoms with van der Waals surface area (Å²) in [5, 5.41) is 3.05. The van der Waals surface area contributed by atoms with Crippen molar-refractivity contribution in [2.75, 3.05) is 11.1 Å². The summed E-state index contributed by atoms with van der Waals surface area (Å²) in [6, 6.07) is 3.54. The highest BCUT2D eigenvalue weighted by Crippen LogP contribution is 2.16. The van der Waals surface area contributed by atoms with Gasteiger partial charge in [-0.1, -0.05) is 0 Å². The average Bonchev–Trinajstić information content (AvgIpc) is 2.10. The number of aromatic nitrogens is 1. The van der Waals surface area contributed by atoms with Crippen LogP contribution in [0, 0.1) is 6.92 Å². The summed E-state index contributed by atoms with van der Waals surface area (Å²) in [5.41, 5.74) is 12.3. The van der Waals surface area contributed by atoms with Crippen LogP contribution in [0.1, 0.15) is 19.0 Å². The van der Waals surface area contributed by atoms with Gasteiger partial charge in [0.2, 0.25) is 5.91 Å². The van der Waals surface area contributed by atoms with E-state index in [-0.39, 0.29) is 18.4 Å². The van der Waals surface area contributed by atoms with Gasteiger partial charge in [0.1, 0.15) is 5.82 Å². The fourth-order valence-electron chi connectivity index (χ4n) is 1.27. The van der Waals surface area contributed by atoms with E-state index in [0.29, 0.717) is 11.5 Å². The molecular weight excluding hydrogens is 192 g/mol. The van der Waals surface area contributed by atoms with E-state index in [9.17, 15) is 4.79 Å². The van der Waals surface area contributed by atoms with Crippen molar-refractivity contribution in [3.05, 3.63) is 17.8 Å². The van der Waals surface area contributed by atoms with E-state index >= 15 is 0 Å². The van der Waals surface area contributed by atoms with E-state index in [1.165, 1.54) is 0 Å². The SMILES string of the molecule is Cc1ccc(N)c(NC(C)CC(N)=O)n1. The molecule has 0 fully saturated rings. The van der Waals surface area contributed by atoms with Gasteiger partial charge in [0.25, 0.3) is 0 Å². The molecule has 1 rings (SSSR count). The number of nitrogens with one attached hydrogen (secondary N) is 1. The molecule has 5 nitrogen and oxygen atoms in total. The van der Waals surface area contributed by atoms with Crippen LogP contribution in [-0.4, -0.2) is 16.9 Å². The van der Waals surface area contributed by atoms with Crippen molar-refractivity contribution in [3.63, 3.8) is 0 Å². The third-order valence-corrected chi connectivity index (χ3v) is 1.96. The van der Waals surface area contributed by atoms with Gasteiger partial charge in [-0.25, -0.2) is 4.98 Å². The van der Waals surface area contributed by atoms with Gasteiger partial charge < -0.3 is 16.8 Å². The number of pyridine rings is 1. The van der Waals surface area contributed by atoms with Crippen molar-refractivity contribution >= 4 is 17.4 Å². The first kappa shape index (κ1) is 11.3. The first-order chi connectivity index (χ1) is 6.99. The number of primary amides is 1. The first-order valence-corrected chi connectivity index (χ1v) is 4.77. The Balaban J connectivity index is 2.71. The largest absolute Gasteiger partial charge is 0.396 e. The van der Waals surface area contributed by atoms with Crippen LogP contribution in [0.5, 0.6) is 0 Å². The maximum Gasteiger partial charge on any atom is 0.219 e. The lowest BCUT2D eigenvalue weighted by molar-refractivity contribution is -0.118. The number of rotatable bonds is 4. The Morgan fingerprint density at radius 3 is 2.87 bits per heavy atom. The predicted octanol–water partition coefficient (Wildman–Crippen LogP) is 0.648. The number of hydrogen-bond donors (Lipinski definition) is 3. The van der Waals surface area contributed by atoms with Gasteiger partial charge in [-0.3, -0.25) is 4.79 Å². The third kappa shape index (κ3) is 3.46. The summed E-state index contributed by atoms with van der Waals surface area (Å²) in [6.45, 7) is 3.73. The number of hydrogen-bond acceptors (Lipinski definition) is 4. The molecule has 0 aliphatic heterocycles. The molecule has 1 heterocycles. The lowest BCUT2D eigenvalue weighted by Crippen LogP contribution is -2.24. The zero-order valence-electron chi connectivity index (χ0n) is 8.95. The summed E-state index contributed by atoms with van der Waals surface area (Å²) in [7, 11) is 0. The maximum atomic E-state index is 10.7. The first-order valence-electron chi connectivity index (χ1n) is 4.77. The highest BCUT2D eigenvalue weighted by molar-refractivity contribution is 5.75. The maximum absolute atomic E-state index is 10.7. The summed E-state index contributed by atoms with van der Waals surface area (Å²) < 4.78 is 0. The molecular formula is C10H16N4O. The zero-order valence-corrected chi connectivity index (χ0v) is 8.95. The van der Waals surface area contributed by atoms with Gasteiger partial charge in [0.15, 0.2) is 0 Å². The molecule has 1 amide bonds. The number of nitrogen functional groups attached to an aromatic ring is 1. The Labute approximate surface area is 88.9 Å². The molecule has 5 heteroatoms. The monoisotopic (exact) mass is 208 g/mol. The lowest BCUT2D eigenvalue weighted by atomic mass is 10.2. The molecule has 0 saturated carbocycles. The van der Waals surface area contributed by atoms with Crippen LogP contribution < -0.4 is 16.8 Å². The molecule has 0 radical (unpaired) electrons. The van der Waals surface area contributed by atoms with E-state index in [0.717, 1.165) is 5.69 Å². The summed E-state index contributed by atoms with van der Waals surface area (Å²) in [6.07, 6.45) is 0.259. The molecule has 0 aromatic carbocycles. The lowest BCUT2D eigenvalue weighted by Gasteiger charge is -2.14. The second-order valence-electron chi connectivity index (χ2n) is 3.61. The van der Waals surface area contributed by atoms with Crippen molar-refractivity contribution in [1.29, 1.82) is 0 Å². The molecule has 5 N–H and O–H groups in total. The van der Waals surface area contributed by atoms with Gasteiger partial charge >= 0.3 is 0 Å². The van der Waals surface area contributed by atoms with E-state index in [1.807, 2.05) is 19.9 Å². The highest BCUT2D eigenvalue weighted by Gasteiger charge is 2.08. The quantitative estimate of drug-likeness (QED) is 0.677. The van der Waals surface area contributed by atoms with Crippen molar-refractivity contribution in [3.8, 4) is 0 Å². The minimum Gasteiger partial charge on any atom is -0.396 e. The molecule has 15 heavy (non-hydrogen) atoms. The van der Waals surface area contributed by atoms with Gasteiger partial charge in [0.05, 0.1) is 5.69 Å². The van der Waals surface area contributed by atoms with Crippen molar-refractivity contribution in [2.45, 2.75) is 26.3 Å². The standard InChI is InChI=1S/C10H16N4O/c1-6-3-4-8(11)10(13-6)14-7(2)5-9(12)15/h3-4,7H,5,11H2,1-2H3,(H2,12,15)(H,13,14). The molecule has 0 bridgehead atoms. The van der Waals surface area contributed by atoms with Crippen molar-refractivity contribution < 1.29 is 4.79 Å². The van der Waals surface area contributed by atoms with Gasteiger partial charge in [0, 0.05) is 18.2 Å². The molecule has 1 aromatic heterocycles. The number of amides is 1. The third-order valence-electron chi connectivity index (χ3n) is 1.96. The number of nitrogens with two attached hydrogens (primary N) is 2. The smallest absolute Gasteiger partial charge is 0.219 e. The second-order valence-corrected chi connectivity index (χ2v) is 3.61. The average molecular weight is 208 g/mol. The van der Waals surface area contributed by atoms with Gasteiger partial charge in [-0.05, 0) is 26.0 Å². The topological polar surface area (TPSA) is 94.0 Å². The summed E-state index contributed by atoms with van der Waals surface area (Å²) in [5.74, 6) is 0.255. The molecule has 0 spiro atoms. The minimum atomic E-state index is -0.346. The van der Waals surface area contributed by atoms with Crippen LogP contribution in [0.2, 0.25) is 0 Å². The van der Waals surface area contributed by atoms with Crippen LogP contribution in [0.15, 0.2) is 12.1 Å². The number of carbonyl (C=O) groups is 1. The van der Waals surface area contributed by atoms with Gasteiger partial charge in [-0.2, -0.15) is 0 Å². The van der Waals surface area contributed by atoms with Gasteiger partial charge in [-0.15, -0.1) is 0 Å². The van der Waals surface area contributed by atoms with Crippen LogP contribution in [-0.2, 0) is 4.79 Å². The van der Waals surface area contributed by atoms with E-state index in [1.54, 1.807) is 6.07 Å². The summed E-state index contributed by atoms with van der Waals surface area (Å²) in [4.78, 5) is 14.9. The molecule has 0 aliphatic carbocycles. The van der Waals surface area contributed by atoms with Crippen molar-refractivity contribution in [1.82, 2.24) is 4.98 Å². The number of nitrogens with zero attached hydrogens (tertiary/aromatic N) is 1. The molecule has 1 atom stereocenters. The van der Waals surface area contributed by atoms with Crippen LogP contribution in [0.4, 0.5) is 11.5 Å². The van der Waals surface area contributed by atoms with Crippen molar-refractivity contribution in [2.24, 2.45) is 5.73 Å². The Morgan fingerprint density at radius 2 is 2.27 bits per heavy atom. The second kappa shape index (κ2) is 4.63. The normalized spacial score (nSPS) is 12.1. The number of aryl methyl sites for hydroxylation is 1. The van der Waals surface area contributed by atoms with Crippen LogP contribution >= 0.6 is 0 Å². The fourth-order valence-corrected chi connectivity index (χ4v) is 1.27. The Morgan fingerprint density at radius 1 is 1.60 bits per heavy atom. The molecule has 1 aromatic rings. The van der Waals surface area contributed by atoms with E-state index in [4.69, 9.17) is 11.5 Å². The number of anilines is 2. The molecule has 82 valence electrons. The summed E-state index contributed by atoms with van der Waals surface area (Å²) >= 11 is 0. The van der Waals surface area contributed by atoms with E-state index in [2.05, 4.69) is 10.3 Å².